The zero-order valence-electron chi connectivity index (χ0n) is 51.3. The minimum absolute atomic E-state index is 0.0999. The van der Waals surface area contributed by atoms with Gasteiger partial charge in [-0.2, -0.15) is 0 Å². The van der Waals surface area contributed by atoms with Gasteiger partial charge in [0, 0.05) is 19.3 Å². The summed E-state index contributed by atoms with van der Waals surface area (Å²) in [6.07, 6.45) is 98.2. The Hall–Kier alpha value is -5.23. The van der Waals surface area contributed by atoms with E-state index >= 15 is 0 Å². The van der Waals surface area contributed by atoms with Gasteiger partial charge in [0.2, 0.25) is 0 Å². The first-order valence-corrected chi connectivity index (χ1v) is 32.1. The van der Waals surface area contributed by atoms with Crippen LogP contribution in [-0.4, -0.2) is 37.2 Å². The molecule has 6 nitrogen and oxygen atoms in total. The Morgan fingerprint density at radius 2 is 0.487 bits per heavy atom. The van der Waals surface area contributed by atoms with Gasteiger partial charge >= 0.3 is 17.9 Å². The number of esters is 3. The van der Waals surface area contributed by atoms with Gasteiger partial charge in [0.15, 0.2) is 6.10 Å². The molecule has 0 fully saturated rings. The van der Waals surface area contributed by atoms with Gasteiger partial charge < -0.3 is 14.2 Å². The lowest BCUT2D eigenvalue weighted by atomic mass is 10.0. The van der Waals surface area contributed by atoms with Crippen LogP contribution in [0.2, 0.25) is 0 Å². The molecule has 0 N–H and O–H groups in total. The molecule has 0 aliphatic carbocycles. The van der Waals surface area contributed by atoms with E-state index in [1.807, 2.05) is 0 Å². The molecule has 0 radical (unpaired) electrons. The van der Waals surface area contributed by atoms with Gasteiger partial charge in [0.25, 0.3) is 0 Å². The molecule has 0 spiro atoms. The molecule has 0 aliphatic heterocycles. The van der Waals surface area contributed by atoms with Crippen molar-refractivity contribution in [3.05, 3.63) is 170 Å². The van der Waals surface area contributed by atoms with E-state index in [9.17, 15) is 14.4 Å². The van der Waals surface area contributed by atoms with Gasteiger partial charge in [0.05, 0.1) is 0 Å². The van der Waals surface area contributed by atoms with Crippen molar-refractivity contribution < 1.29 is 28.6 Å². The third kappa shape index (κ3) is 63.6. The van der Waals surface area contributed by atoms with Crippen LogP contribution in [0.15, 0.2) is 170 Å². The molecule has 0 saturated carbocycles. The average Bonchev–Trinajstić information content (AvgIpc) is 3.46. The van der Waals surface area contributed by atoms with E-state index in [2.05, 4.69) is 191 Å². The Bertz CT molecular complexity index is 1840. The first-order chi connectivity index (χ1) is 39.5. The summed E-state index contributed by atoms with van der Waals surface area (Å²) in [7, 11) is 0. The van der Waals surface area contributed by atoms with Crippen LogP contribution in [0.5, 0.6) is 0 Å². The zero-order chi connectivity index (χ0) is 57.8. The molecule has 0 saturated heterocycles. The summed E-state index contributed by atoms with van der Waals surface area (Å²) in [6.45, 7) is 6.30. The second kappa shape index (κ2) is 66.3. The second-order valence-electron chi connectivity index (χ2n) is 20.6. The standard InChI is InChI=1S/C74H116O6/c1-4-7-10-13-16-18-20-22-24-26-28-30-32-33-34-35-36-37-38-39-40-41-43-44-46-48-50-52-54-56-58-61-64-67-73(76)79-70-71(69-78-72(75)66-63-60-15-12-9-6-3)80-74(77)68-65-62-59-57-55-53-51-49-47-45-42-31-29-27-25-23-21-19-17-14-11-8-5-2/h7-8,10-11,16-19,22-25,28-31,33-34,36-37,39-40,43-44,48,50,54,56,71H,4-6,9,12-15,20-21,26-27,32,35,38,41-42,45-47,49,51-53,55,57-70H2,1-3H3/b10-7-,11-8-,18-16-,19-17-,24-22-,25-23-,30-28-,31-29-,34-33-,37-36-,40-39-,44-43-,50-48-,56-54-. The van der Waals surface area contributed by atoms with Crippen LogP contribution in [0.4, 0.5) is 0 Å². The summed E-state index contributed by atoms with van der Waals surface area (Å²) in [5.41, 5.74) is 0. The van der Waals surface area contributed by atoms with Crippen molar-refractivity contribution in [2.75, 3.05) is 13.2 Å². The molecular formula is C74H116O6. The number of ether oxygens (including phenoxy) is 3. The first kappa shape index (κ1) is 74.8. The largest absolute Gasteiger partial charge is 0.462 e. The topological polar surface area (TPSA) is 78.9 Å². The molecular weight excluding hydrogens is 985 g/mol. The smallest absolute Gasteiger partial charge is 0.306 e. The Balaban J connectivity index is 4.23. The van der Waals surface area contributed by atoms with Crippen LogP contribution >= 0.6 is 0 Å². The van der Waals surface area contributed by atoms with Crippen molar-refractivity contribution in [2.45, 2.75) is 264 Å². The van der Waals surface area contributed by atoms with Gasteiger partial charge in [-0.25, -0.2) is 0 Å². The Labute approximate surface area is 492 Å². The van der Waals surface area contributed by atoms with E-state index in [0.717, 1.165) is 141 Å². The quantitative estimate of drug-likeness (QED) is 0.0261. The molecule has 0 aliphatic rings. The summed E-state index contributed by atoms with van der Waals surface area (Å²) in [5, 5.41) is 0. The van der Waals surface area contributed by atoms with Crippen LogP contribution in [0, 0.1) is 0 Å². The molecule has 0 bridgehead atoms. The van der Waals surface area contributed by atoms with Crippen molar-refractivity contribution >= 4 is 17.9 Å². The highest BCUT2D eigenvalue weighted by atomic mass is 16.6. The molecule has 0 amide bonds. The highest BCUT2D eigenvalue weighted by Gasteiger charge is 2.19. The third-order valence-corrected chi connectivity index (χ3v) is 13.0. The van der Waals surface area contributed by atoms with Gasteiger partial charge in [-0.15, -0.1) is 0 Å². The molecule has 0 aromatic carbocycles. The van der Waals surface area contributed by atoms with Gasteiger partial charge in [-0.1, -0.05) is 274 Å². The van der Waals surface area contributed by atoms with Crippen LogP contribution in [-0.2, 0) is 28.6 Å². The number of hydrogen-bond acceptors (Lipinski definition) is 6. The second-order valence-corrected chi connectivity index (χ2v) is 20.6. The Kier molecular flexibility index (Phi) is 61.9. The van der Waals surface area contributed by atoms with E-state index in [-0.39, 0.29) is 31.1 Å². The number of hydrogen-bond donors (Lipinski definition) is 0. The maximum absolute atomic E-state index is 12.8. The minimum Gasteiger partial charge on any atom is -0.462 e. The Morgan fingerprint density at radius 3 is 0.787 bits per heavy atom. The molecule has 0 aromatic heterocycles. The molecule has 448 valence electrons. The molecule has 1 unspecified atom stereocenters. The summed E-state index contributed by atoms with van der Waals surface area (Å²) < 4.78 is 16.8. The maximum atomic E-state index is 12.8. The number of rotatable bonds is 56. The van der Waals surface area contributed by atoms with E-state index < -0.39 is 6.10 Å². The first-order valence-electron chi connectivity index (χ1n) is 32.1. The van der Waals surface area contributed by atoms with Crippen molar-refractivity contribution in [1.82, 2.24) is 0 Å². The van der Waals surface area contributed by atoms with Crippen molar-refractivity contribution in [3.63, 3.8) is 0 Å². The summed E-state index contributed by atoms with van der Waals surface area (Å²) in [4.78, 5) is 38.0. The molecule has 0 heterocycles. The molecule has 80 heavy (non-hydrogen) atoms. The lowest BCUT2D eigenvalue weighted by Gasteiger charge is -2.18. The predicted molar refractivity (Wildman–Crippen MR) is 348 cm³/mol. The summed E-state index contributed by atoms with van der Waals surface area (Å²) in [5.74, 6) is -0.966. The fraction of sp³-hybridized carbons (Fsp3) is 0.581. The van der Waals surface area contributed by atoms with Crippen molar-refractivity contribution in [2.24, 2.45) is 0 Å². The third-order valence-electron chi connectivity index (χ3n) is 13.0. The van der Waals surface area contributed by atoms with Gasteiger partial charge in [-0.3, -0.25) is 14.4 Å². The maximum Gasteiger partial charge on any atom is 0.306 e. The zero-order valence-corrected chi connectivity index (χ0v) is 51.3. The fourth-order valence-electron chi connectivity index (χ4n) is 8.23. The lowest BCUT2D eigenvalue weighted by Crippen LogP contribution is -2.30. The van der Waals surface area contributed by atoms with Gasteiger partial charge in [0.1, 0.15) is 13.2 Å². The van der Waals surface area contributed by atoms with Crippen molar-refractivity contribution in [1.29, 1.82) is 0 Å². The van der Waals surface area contributed by atoms with Gasteiger partial charge in [-0.05, 0) is 135 Å². The SMILES string of the molecule is CC/C=C\C/C=C\C/C=C\C/C=C\C/C=C\C/C=C\C/C=C\C/C=C\C/C=C\C/C=C\CCCCC(=O)OCC(COC(=O)CCCCCCCC)OC(=O)CCCCCCCCCCCC/C=C\C/C=C\C/C=C\C/C=C\CC. The number of allylic oxidation sites excluding steroid dienone is 28. The lowest BCUT2D eigenvalue weighted by molar-refractivity contribution is -0.167. The van der Waals surface area contributed by atoms with E-state index in [1.165, 1.54) is 70.6 Å². The normalized spacial score (nSPS) is 13.3. The Morgan fingerprint density at radius 1 is 0.263 bits per heavy atom. The van der Waals surface area contributed by atoms with Crippen LogP contribution in [0.1, 0.15) is 258 Å². The van der Waals surface area contributed by atoms with Crippen LogP contribution < -0.4 is 0 Å². The minimum atomic E-state index is -0.804. The summed E-state index contributed by atoms with van der Waals surface area (Å²) >= 11 is 0. The number of carbonyl (C=O) groups excluding carboxylic acids is 3. The molecule has 1 atom stereocenters. The molecule has 0 rings (SSSR count). The van der Waals surface area contributed by atoms with Crippen LogP contribution in [0.3, 0.4) is 0 Å². The van der Waals surface area contributed by atoms with Crippen molar-refractivity contribution in [3.8, 4) is 0 Å². The molecule has 6 heteroatoms. The highest BCUT2D eigenvalue weighted by molar-refractivity contribution is 5.71. The van der Waals surface area contributed by atoms with E-state index in [4.69, 9.17) is 14.2 Å². The molecule has 0 aromatic rings. The van der Waals surface area contributed by atoms with E-state index in [0.29, 0.717) is 25.7 Å². The number of carbonyl (C=O) groups is 3. The monoisotopic (exact) mass is 1100 g/mol. The number of unbranched alkanes of at least 4 members (excludes halogenated alkanes) is 17. The highest BCUT2D eigenvalue weighted by Crippen LogP contribution is 2.14. The summed E-state index contributed by atoms with van der Waals surface area (Å²) in [6, 6.07) is 0. The fourth-order valence-corrected chi connectivity index (χ4v) is 8.23. The predicted octanol–water partition coefficient (Wildman–Crippen LogP) is 22.3. The average molecular weight is 1100 g/mol. The van der Waals surface area contributed by atoms with E-state index in [1.54, 1.807) is 0 Å². The van der Waals surface area contributed by atoms with Crippen LogP contribution in [0.25, 0.3) is 0 Å².